The van der Waals surface area contributed by atoms with E-state index in [4.69, 9.17) is 4.74 Å². The molecule has 0 amide bonds. The van der Waals surface area contributed by atoms with Crippen LogP contribution in [0.15, 0.2) is 48.1 Å². The first kappa shape index (κ1) is 15.0. The van der Waals surface area contributed by atoms with Gasteiger partial charge in [0.2, 0.25) is 0 Å². The van der Waals surface area contributed by atoms with Crippen molar-refractivity contribution < 1.29 is 4.74 Å². The third kappa shape index (κ3) is 3.14. The van der Waals surface area contributed by atoms with Gasteiger partial charge in [-0.3, -0.25) is 4.99 Å². The van der Waals surface area contributed by atoms with E-state index in [-0.39, 0.29) is 0 Å². The first-order valence-corrected chi connectivity index (χ1v) is 8.09. The predicted octanol–water partition coefficient (Wildman–Crippen LogP) is 3.68. The zero-order valence-electron chi connectivity index (χ0n) is 13.2. The maximum atomic E-state index is 6.41. The van der Waals surface area contributed by atoms with E-state index in [1.807, 2.05) is 25.3 Å². The summed E-state index contributed by atoms with van der Waals surface area (Å²) in [6.45, 7) is 7.88. The molecule has 0 spiro atoms. The molecule has 116 valence electrons. The number of nitrogens with one attached hydrogen (secondary N) is 1. The van der Waals surface area contributed by atoms with Gasteiger partial charge in [-0.15, -0.1) is 0 Å². The molecule has 1 heterocycles. The highest BCUT2D eigenvalue weighted by Crippen LogP contribution is 2.37. The summed E-state index contributed by atoms with van der Waals surface area (Å²) in [5, 5.41) is 3.52. The number of rotatable bonds is 5. The molecule has 2 bridgehead atoms. The molecule has 1 aliphatic heterocycles. The molecule has 0 radical (unpaired) electrons. The van der Waals surface area contributed by atoms with Crippen molar-refractivity contribution in [3.05, 3.63) is 48.7 Å². The third-order valence-electron chi connectivity index (χ3n) is 4.67. The number of hydrogen-bond donors (Lipinski definition) is 1. The van der Waals surface area contributed by atoms with Crippen molar-refractivity contribution in [3.63, 3.8) is 0 Å². The molecule has 1 aromatic carbocycles. The molecule has 1 aliphatic carbocycles. The van der Waals surface area contributed by atoms with Gasteiger partial charge in [0.25, 0.3) is 0 Å². The van der Waals surface area contributed by atoms with Gasteiger partial charge in [-0.2, -0.15) is 0 Å². The lowest BCUT2D eigenvalue weighted by molar-refractivity contribution is 0.160. The Bertz CT molecular complexity index is 591. The van der Waals surface area contributed by atoms with E-state index in [2.05, 4.69) is 35.1 Å². The van der Waals surface area contributed by atoms with E-state index in [1.54, 1.807) is 6.20 Å². The van der Waals surface area contributed by atoms with Crippen molar-refractivity contribution in [3.8, 4) is 5.75 Å². The molecule has 3 rings (SSSR count). The Hall–Kier alpha value is -1.87. The Morgan fingerprint density at radius 1 is 1.32 bits per heavy atom. The maximum absolute atomic E-state index is 6.41. The van der Waals surface area contributed by atoms with E-state index in [1.165, 1.54) is 6.42 Å². The number of para-hydroxylation sites is 1. The number of hydrogen-bond acceptors (Lipinski definition) is 3. The molecule has 2 fully saturated rings. The van der Waals surface area contributed by atoms with E-state index >= 15 is 0 Å². The summed E-state index contributed by atoms with van der Waals surface area (Å²) in [5.41, 5.74) is 2.17. The van der Waals surface area contributed by atoms with Crippen molar-refractivity contribution in [2.75, 3.05) is 13.1 Å². The van der Waals surface area contributed by atoms with Crippen LogP contribution in [-0.2, 0) is 0 Å². The molecular formula is C19H24N2O. The second-order valence-electron chi connectivity index (χ2n) is 6.11. The van der Waals surface area contributed by atoms with E-state index in [0.29, 0.717) is 12.0 Å². The van der Waals surface area contributed by atoms with Gasteiger partial charge in [-0.05, 0) is 43.9 Å². The summed E-state index contributed by atoms with van der Waals surface area (Å²) < 4.78 is 6.41. The lowest BCUT2D eigenvalue weighted by Gasteiger charge is -2.23. The molecule has 1 N–H and O–H groups in total. The molecule has 3 heteroatoms. The maximum Gasteiger partial charge on any atom is 0.127 e. The zero-order valence-corrected chi connectivity index (χ0v) is 13.2. The molecule has 2 aliphatic rings. The number of benzene rings is 1. The molecule has 3 nitrogen and oxygen atoms in total. The molecule has 22 heavy (non-hydrogen) atoms. The average Bonchev–Trinajstić information content (AvgIpc) is 2.83. The van der Waals surface area contributed by atoms with E-state index in [0.717, 1.165) is 42.3 Å². The minimum atomic E-state index is 0.329. The highest BCUT2D eigenvalue weighted by Gasteiger charge is 2.38. The van der Waals surface area contributed by atoms with Crippen molar-refractivity contribution in [2.24, 2.45) is 16.8 Å². The second kappa shape index (κ2) is 6.93. The summed E-state index contributed by atoms with van der Waals surface area (Å²) >= 11 is 0. The highest BCUT2D eigenvalue weighted by atomic mass is 16.5. The van der Waals surface area contributed by atoms with Crippen LogP contribution in [0.3, 0.4) is 0 Å². The minimum absolute atomic E-state index is 0.329. The van der Waals surface area contributed by atoms with Gasteiger partial charge in [-0.1, -0.05) is 30.9 Å². The number of fused-ring (bicyclic) bond motifs is 2. The summed E-state index contributed by atoms with van der Waals surface area (Å²) in [6, 6.07) is 8.24. The zero-order chi connectivity index (χ0) is 15.4. The summed E-state index contributed by atoms with van der Waals surface area (Å²) in [4.78, 5) is 4.15. The van der Waals surface area contributed by atoms with Gasteiger partial charge >= 0.3 is 0 Å². The van der Waals surface area contributed by atoms with Crippen LogP contribution < -0.4 is 10.1 Å². The van der Waals surface area contributed by atoms with Crippen LogP contribution in [-0.4, -0.2) is 25.4 Å². The van der Waals surface area contributed by atoms with E-state index < -0.39 is 0 Å². The van der Waals surface area contributed by atoms with Crippen molar-refractivity contribution in [1.29, 1.82) is 0 Å². The van der Waals surface area contributed by atoms with Crippen LogP contribution in [0.4, 0.5) is 0 Å². The normalized spacial score (nSPS) is 28.0. The van der Waals surface area contributed by atoms with Crippen LogP contribution in [0.5, 0.6) is 5.75 Å². The Morgan fingerprint density at radius 3 is 2.95 bits per heavy atom. The lowest BCUT2D eigenvalue weighted by atomic mass is 10.0. The Labute approximate surface area is 132 Å². The largest absolute Gasteiger partial charge is 0.489 e. The summed E-state index contributed by atoms with van der Waals surface area (Å²) in [7, 11) is 0. The Balaban J connectivity index is 1.82. The van der Waals surface area contributed by atoms with Crippen molar-refractivity contribution >= 4 is 11.8 Å². The molecule has 0 unspecified atom stereocenters. The number of ether oxygens (including phenoxy) is 1. The van der Waals surface area contributed by atoms with Crippen LogP contribution in [0.1, 0.15) is 25.3 Å². The smallest absolute Gasteiger partial charge is 0.127 e. The summed E-state index contributed by atoms with van der Waals surface area (Å²) in [6.07, 6.45) is 8.24. The van der Waals surface area contributed by atoms with Gasteiger partial charge in [0.15, 0.2) is 0 Å². The Kier molecular flexibility index (Phi) is 4.74. The first-order valence-electron chi connectivity index (χ1n) is 8.09. The fourth-order valence-corrected chi connectivity index (χ4v) is 3.60. The summed E-state index contributed by atoms with van der Waals surface area (Å²) in [5.74, 6) is 2.38. The number of aliphatic imine (C=N–C) groups is 1. The number of nitrogens with zero attached hydrogens (tertiary/aromatic N) is 1. The Morgan fingerprint density at radius 2 is 2.18 bits per heavy atom. The SMILES string of the molecule is C=CN=C/C(=C\C)c1ccccc1O[C@H]1C[C@@H]2CNC[C@H]1C2. The average molecular weight is 296 g/mol. The lowest BCUT2D eigenvalue weighted by Crippen LogP contribution is -2.34. The number of allylic oxidation sites excluding steroid dienone is 2. The fraction of sp³-hybridized carbons (Fsp3) is 0.421. The molecule has 1 saturated carbocycles. The molecule has 1 saturated heterocycles. The first-order chi connectivity index (χ1) is 10.8. The van der Waals surface area contributed by atoms with Crippen LogP contribution >= 0.6 is 0 Å². The van der Waals surface area contributed by atoms with Gasteiger partial charge in [-0.25, -0.2) is 0 Å². The van der Waals surface area contributed by atoms with Crippen LogP contribution in [0.25, 0.3) is 5.57 Å². The fourth-order valence-electron chi connectivity index (χ4n) is 3.60. The molecule has 0 aromatic heterocycles. The quantitative estimate of drug-likeness (QED) is 0.841. The second-order valence-corrected chi connectivity index (χ2v) is 6.11. The topological polar surface area (TPSA) is 33.6 Å². The van der Waals surface area contributed by atoms with Gasteiger partial charge < -0.3 is 10.1 Å². The predicted molar refractivity (Wildman–Crippen MR) is 92.3 cm³/mol. The molecule has 3 atom stereocenters. The molecule has 1 aromatic rings. The van der Waals surface area contributed by atoms with Crippen molar-refractivity contribution in [2.45, 2.75) is 25.9 Å². The standard InChI is InChI=1S/C19H24N2O/c1-3-15(12-20-4-2)17-7-5-6-8-18(17)22-19-10-14-9-16(19)13-21-11-14/h3-8,12,14,16,19,21H,2,9-11,13H2,1H3/b15-3+,20-12?/t14-,16-,19+/m1/s1. The molecular weight excluding hydrogens is 272 g/mol. The monoisotopic (exact) mass is 296 g/mol. The van der Waals surface area contributed by atoms with E-state index in [9.17, 15) is 0 Å². The minimum Gasteiger partial charge on any atom is -0.489 e. The van der Waals surface area contributed by atoms with Gasteiger partial charge in [0.05, 0.1) is 0 Å². The van der Waals surface area contributed by atoms with Gasteiger partial charge in [0.1, 0.15) is 11.9 Å². The van der Waals surface area contributed by atoms with Crippen LogP contribution in [0.2, 0.25) is 0 Å². The number of piperidine rings is 1. The highest BCUT2D eigenvalue weighted by molar-refractivity contribution is 6.10. The van der Waals surface area contributed by atoms with Crippen LogP contribution in [0, 0.1) is 11.8 Å². The third-order valence-corrected chi connectivity index (χ3v) is 4.67. The van der Waals surface area contributed by atoms with Crippen molar-refractivity contribution in [1.82, 2.24) is 5.32 Å². The van der Waals surface area contributed by atoms with Gasteiger partial charge in [0, 0.05) is 30.4 Å².